The molecular formula is C21H22N2O4. The molecule has 2 aromatic rings. The Kier molecular flexibility index (Phi) is 4.90. The summed E-state index contributed by atoms with van der Waals surface area (Å²) in [5.41, 5.74) is 0.705. The first-order valence-corrected chi connectivity index (χ1v) is 8.50. The van der Waals surface area contributed by atoms with Crippen molar-refractivity contribution < 1.29 is 19.1 Å². The number of ether oxygens (including phenoxy) is 2. The second-order valence-electron chi connectivity index (χ2n) is 6.49. The van der Waals surface area contributed by atoms with E-state index in [1.807, 2.05) is 0 Å². The highest BCUT2D eigenvalue weighted by atomic mass is 16.5. The van der Waals surface area contributed by atoms with Gasteiger partial charge in [-0.3, -0.25) is 9.69 Å². The summed E-state index contributed by atoms with van der Waals surface area (Å²) in [6, 6.07) is 13.7. The summed E-state index contributed by atoms with van der Waals surface area (Å²) >= 11 is 0. The van der Waals surface area contributed by atoms with Gasteiger partial charge in [-0.05, 0) is 42.3 Å². The maximum absolute atomic E-state index is 13.4. The van der Waals surface area contributed by atoms with Gasteiger partial charge in [-0.25, -0.2) is 4.79 Å². The smallest absolute Gasteiger partial charge is 0.325 e. The maximum Gasteiger partial charge on any atom is 0.325 e. The molecule has 0 saturated carbocycles. The van der Waals surface area contributed by atoms with Gasteiger partial charge in [-0.1, -0.05) is 36.4 Å². The van der Waals surface area contributed by atoms with Gasteiger partial charge < -0.3 is 14.8 Å². The number of hydrogen-bond acceptors (Lipinski definition) is 4. The molecule has 0 radical (unpaired) electrons. The predicted molar refractivity (Wildman–Crippen MR) is 102 cm³/mol. The number of imide groups is 1. The minimum Gasteiger partial charge on any atom is -0.497 e. The van der Waals surface area contributed by atoms with Crippen LogP contribution in [0.1, 0.15) is 18.1 Å². The molecule has 0 spiro atoms. The quantitative estimate of drug-likeness (QED) is 0.630. The van der Waals surface area contributed by atoms with Crippen LogP contribution >= 0.6 is 0 Å². The molecule has 0 aliphatic carbocycles. The molecule has 27 heavy (non-hydrogen) atoms. The number of rotatable bonds is 6. The molecule has 6 heteroatoms. The third-order valence-corrected chi connectivity index (χ3v) is 4.58. The molecule has 1 heterocycles. The van der Waals surface area contributed by atoms with Gasteiger partial charge in [0.05, 0.1) is 20.8 Å². The SMILES string of the molecule is C=C(C)CN1C(=O)NC(c2ccc(OC)cc2)(c2ccc(OC)cc2)C1=O. The van der Waals surface area contributed by atoms with Crippen LogP contribution in [0.15, 0.2) is 60.7 Å². The van der Waals surface area contributed by atoms with Crippen molar-refractivity contribution >= 4 is 11.9 Å². The monoisotopic (exact) mass is 366 g/mol. The van der Waals surface area contributed by atoms with Crippen LogP contribution in [0.5, 0.6) is 11.5 Å². The molecule has 0 unspecified atom stereocenters. The lowest BCUT2D eigenvalue weighted by Gasteiger charge is -2.28. The zero-order valence-corrected chi connectivity index (χ0v) is 15.6. The third kappa shape index (κ3) is 3.14. The molecule has 6 nitrogen and oxygen atoms in total. The van der Waals surface area contributed by atoms with Gasteiger partial charge in [-0.15, -0.1) is 0 Å². The summed E-state index contributed by atoms with van der Waals surface area (Å²) in [6.07, 6.45) is 0. The van der Waals surface area contributed by atoms with Crippen molar-refractivity contribution in [3.63, 3.8) is 0 Å². The second kappa shape index (κ2) is 7.15. The molecule has 1 fully saturated rings. The zero-order chi connectivity index (χ0) is 19.6. The number of amides is 3. The van der Waals surface area contributed by atoms with Gasteiger partial charge in [0.15, 0.2) is 5.54 Å². The molecule has 1 saturated heterocycles. The first-order chi connectivity index (χ1) is 12.9. The summed E-state index contributed by atoms with van der Waals surface area (Å²) in [7, 11) is 3.15. The van der Waals surface area contributed by atoms with Gasteiger partial charge >= 0.3 is 6.03 Å². The number of methoxy groups -OCH3 is 2. The lowest BCUT2D eigenvalue weighted by atomic mass is 9.82. The van der Waals surface area contributed by atoms with E-state index in [0.717, 1.165) is 5.57 Å². The molecule has 1 N–H and O–H groups in total. The number of urea groups is 1. The van der Waals surface area contributed by atoms with Crippen molar-refractivity contribution in [3.05, 3.63) is 71.8 Å². The van der Waals surface area contributed by atoms with Crippen LogP contribution < -0.4 is 14.8 Å². The van der Waals surface area contributed by atoms with Gasteiger partial charge in [0.25, 0.3) is 5.91 Å². The molecule has 1 aliphatic rings. The Balaban J connectivity index is 2.15. The van der Waals surface area contributed by atoms with E-state index in [1.54, 1.807) is 69.7 Å². The molecule has 2 aromatic carbocycles. The largest absolute Gasteiger partial charge is 0.497 e. The van der Waals surface area contributed by atoms with Crippen LogP contribution in [0.25, 0.3) is 0 Å². The highest BCUT2D eigenvalue weighted by Crippen LogP contribution is 2.37. The summed E-state index contributed by atoms with van der Waals surface area (Å²) in [5, 5.41) is 2.89. The van der Waals surface area contributed by atoms with E-state index in [4.69, 9.17) is 9.47 Å². The van der Waals surface area contributed by atoms with Crippen molar-refractivity contribution in [2.45, 2.75) is 12.5 Å². The molecule has 140 valence electrons. The van der Waals surface area contributed by atoms with Crippen LogP contribution in [0.2, 0.25) is 0 Å². The summed E-state index contributed by atoms with van der Waals surface area (Å²) in [5.74, 6) is 0.990. The number of nitrogens with zero attached hydrogens (tertiary/aromatic N) is 1. The highest BCUT2D eigenvalue weighted by Gasteiger charge is 2.53. The first-order valence-electron chi connectivity index (χ1n) is 8.50. The summed E-state index contributed by atoms with van der Waals surface area (Å²) in [4.78, 5) is 27.2. The lowest BCUT2D eigenvalue weighted by Crippen LogP contribution is -2.45. The number of benzene rings is 2. The topological polar surface area (TPSA) is 67.9 Å². The van der Waals surface area contributed by atoms with Crippen molar-refractivity contribution in [2.75, 3.05) is 20.8 Å². The van der Waals surface area contributed by atoms with Crippen LogP contribution in [0, 0.1) is 0 Å². The van der Waals surface area contributed by atoms with E-state index in [-0.39, 0.29) is 12.5 Å². The van der Waals surface area contributed by atoms with Gasteiger partial charge in [0.2, 0.25) is 0 Å². The minimum atomic E-state index is -1.31. The van der Waals surface area contributed by atoms with E-state index in [9.17, 15) is 9.59 Å². The molecule has 3 amide bonds. The fourth-order valence-corrected chi connectivity index (χ4v) is 3.23. The standard InChI is InChI=1S/C21H22N2O4/c1-14(2)13-23-19(24)21(22-20(23)25,15-5-9-17(26-3)10-6-15)16-7-11-18(27-4)12-8-16/h5-12H,1,13H2,2-4H3,(H,22,25). The Hall–Kier alpha value is -3.28. The second-order valence-corrected chi connectivity index (χ2v) is 6.49. The maximum atomic E-state index is 13.4. The number of carbonyl (C=O) groups is 2. The molecular weight excluding hydrogens is 344 g/mol. The lowest BCUT2D eigenvalue weighted by molar-refractivity contribution is -0.130. The van der Waals surface area contributed by atoms with E-state index in [2.05, 4.69) is 11.9 Å². The highest BCUT2D eigenvalue weighted by molar-refractivity contribution is 6.09. The summed E-state index contributed by atoms with van der Waals surface area (Å²) < 4.78 is 10.4. The average Bonchev–Trinajstić information content (AvgIpc) is 2.93. The van der Waals surface area contributed by atoms with Crippen LogP contribution in [0.4, 0.5) is 4.79 Å². The fourth-order valence-electron chi connectivity index (χ4n) is 3.23. The number of carbonyl (C=O) groups excluding carboxylic acids is 2. The van der Waals surface area contributed by atoms with Crippen LogP contribution in [-0.4, -0.2) is 37.6 Å². The van der Waals surface area contributed by atoms with Crippen molar-refractivity contribution in [2.24, 2.45) is 0 Å². The summed E-state index contributed by atoms with van der Waals surface area (Å²) in [6.45, 7) is 5.76. The van der Waals surface area contributed by atoms with Crippen LogP contribution in [-0.2, 0) is 10.3 Å². The number of hydrogen-bond donors (Lipinski definition) is 1. The molecule has 0 aromatic heterocycles. The fraction of sp³-hybridized carbons (Fsp3) is 0.238. The van der Waals surface area contributed by atoms with E-state index in [1.165, 1.54) is 4.90 Å². The average molecular weight is 366 g/mol. The first kappa shape index (κ1) is 18.5. The van der Waals surface area contributed by atoms with Crippen LogP contribution in [0.3, 0.4) is 0 Å². The van der Waals surface area contributed by atoms with E-state index < -0.39 is 11.6 Å². The van der Waals surface area contributed by atoms with E-state index >= 15 is 0 Å². The van der Waals surface area contributed by atoms with Crippen molar-refractivity contribution in [3.8, 4) is 11.5 Å². The predicted octanol–water partition coefficient (Wildman–Crippen LogP) is 3.08. The molecule has 0 bridgehead atoms. The Morgan fingerprint density at radius 1 is 0.963 bits per heavy atom. The van der Waals surface area contributed by atoms with Gasteiger partial charge in [0.1, 0.15) is 11.5 Å². The Labute approximate surface area is 158 Å². The third-order valence-electron chi connectivity index (χ3n) is 4.58. The molecule has 3 rings (SSSR count). The Bertz CT molecular complexity index is 825. The zero-order valence-electron chi connectivity index (χ0n) is 15.6. The van der Waals surface area contributed by atoms with Crippen molar-refractivity contribution in [1.82, 2.24) is 10.2 Å². The van der Waals surface area contributed by atoms with Gasteiger partial charge in [0, 0.05) is 0 Å². The van der Waals surface area contributed by atoms with E-state index in [0.29, 0.717) is 22.6 Å². The minimum absolute atomic E-state index is 0.165. The molecule has 0 atom stereocenters. The number of nitrogens with one attached hydrogen (secondary N) is 1. The Morgan fingerprint density at radius 3 is 1.78 bits per heavy atom. The van der Waals surface area contributed by atoms with Crippen molar-refractivity contribution in [1.29, 1.82) is 0 Å². The Morgan fingerprint density at radius 2 is 1.41 bits per heavy atom. The van der Waals surface area contributed by atoms with Gasteiger partial charge in [-0.2, -0.15) is 0 Å². The molecule has 1 aliphatic heterocycles. The normalized spacial score (nSPS) is 15.4.